The minimum absolute atomic E-state index is 0.297. The van der Waals surface area contributed by atoms with Crippen LogP contribution in [0, 0.1) is 5.92 Å². The van der Waals surface area contributed by atoms with Crippen molar-refractivity contribution in [3.8, 4) is 0 Å². The van der Waals surface area contributed by atoms with Gasteiger partial charge in [-0.15, -0.1) is 0 Å². The van der Waals surface area contributed by atoms with Crippen molar-refractivity contribution in [2.24, 2.45) is 5.92 Å². The molecule has 3 aliphatic rings. The third-order valence-corrected chi connectivity index (χ3v) is 5.24. The molecule has 2 atom stereocenters. The van der Waals surface area contributed by atoms with Gasteiger partial charge < -0.3 is 9.80 Å². The Kier molecular flexibility index (Phi) is 3.70. The molecule has 0 saturated carbocycles. The molecule has 3 saturated heterocycles. The Morgan fingerprint density at radius 1 is 1.00 bits per heavy atom. The van der Waals surface area contributed by atoms with E-state index in [1.54, 1.807) is 0 Å². The fourth-order valence-corrected chi connectivity index (χ4v) is 3.84. The van der Waals surface area contributed by atoms with E-state index in [1.807, 2.05) is 0 Å². The first-order valence-corrected chi connectivity index (χ1v) is 7.94. The molecule has 0 radical (unpaired) electrons. The molecule has 3 aliphatic heterocycles. The molecule has 0 N–H and O–H groups in total. The lowest BCUT2D eigenvalue weighted by Crippen LogP contribution is -2.60. The van der Waals surface area contributed by atoms with Crippen molar-refractivity contribution in [2.75, 3.05) is 32.7 Å². The van der Waals surface area contributed by atoms with Gasteiger partial charge in [-0.1, -0.05) is 6.92 Å². The van der Waals surface area contributed by atoms with E-state index < -0.39 is 0 Å². The predicted octanol–water partition coefficient (Wildman–Crippen LogP) is 2.01. The van der Waals surface area contributed by atoms with Gasteiger partial charge in [-0.05, 0) is 45.1 Å². The van der Waals surface area contributed by atoms with Crippen LogP contribution in [-0.2, 0) is 0 Å². The van der Waals surface area contributed by atoms with E-state index in [2.05, 4.69) is 28.5 Å². The van der Waals surface area contributed by atoms with Crippen LogP contribution >= 0.6 is 0 Å². The van der Waals surface area contributed by atoms with Crippen molar-refractivity contribution in [3.63, 3.8) is 0 Å². The summed E-state index contributed by atoms with van der Waals surface area (Å²) in [4.78, 5) is 19.5. The number of amides is 2. The number of nitrogens with zero attached hydrogens (tertiary/aromatic N) is 3. The van der Waals surface area contributed by atoms with Crippen LogP contribution in [0.3, 0.4) is 0 Å². The zero-order valence-electron chi connectivity index (χ0n) is 12.3. The molecule has 0 spiro atoms. The number of hydrogen-bond donors (Lipinski definition) is 0. The molecule has 4 nitrogen and oxygen atoms in total. The second kappa shape index (κ2) is 5.31. The van der Waals surface area contributed by atoms with Gasteiger partial charge in [-0.3, -0.25) is 4.90 Å². The number of carbonyl (C=O) groups is 1. The Labute approximate surface area is 116 Å². The first-order valence-electron chi connectivity index (χ1n) is 7.94. The average Bonchev–Trinajstić information content (AvgIpc) is 2.85. The lowest BCUT2D eigenvalue weighted by atomic mass is 9.99. The standard InChI is InChI=1S/C15H27N3O/c1-12-5-8-16(9-6-12)15(19)18-11-14-4-3-7-17(14)10-13(18)2/h12-14H,3-11H2,1-2H3. The molecule has 0 aliphatic carbocycles. The van der Waals surface area contributed by atoms with E-state index in [1.165, 1.54) is 32.2 Å². The molecule has 0 aromatic carbocycles. The second-order valence-corrected chi connectivity index (χ2v) is 6.74. The van der Waals surface area contributed by atoms with Crippen LogP contribution in [0.4, 0.5) is 4.79 Å². The summed E-state index contributed by atoms with van der Waals surface area (Å²) < 4.78 is 0. The summed E-state index contributed by atoms with van der Waals surface area (Å²) in [6.07, 6.45) is 4.92. The zero-order chi connectivity index (χ0) is 13.4. The average molecular weight is 265 g/mol. The van der Waals surface area contributed by atoms with Crippen LogP contribution in [0.15, 0.2) is 0 Å². The highest BCUT2D eigenvalue weighted by molar-refractivity contribution is 5.75. The SMILES string of the molecule is CC1CCN(C(=O)N2CC3CCCN3CC2C)CC1. The van der Waals surface area contributed by atoms with Crippen LogP contribution in [0.25, 0.3) is 0 Å². The summed E-state index contributed by atoms with van der Waals surface area (Å²) in [7, 11) is 0. The number of piperazine rings is 1. The second-order valence-electron chi connectivity index (χ2n) is 6.74. The summed E-state index contributed by atoms with van der Waals surface area (Å²) in [5, 5.41) is 0. The molecule has 2 amide bonds. The highest BCUT2D eigenvalue weighted by atomic mass is 16.2. The van der Waals surface area contributed by atoms with E-state index in [4.69, 9.17) is 0 Å². The maximum absolute atomic E-state index is 12.7. The largest absolute Gasteiger partial charge is 0.325 e. The van der Waals surface area contributed by atoms with Crippen molar-refractivity contribution in [2.45, 2.75) is 51.6 Å². The van der Waals surface area contributed by atoms with Gasteiger partial charge in [0.25, 0.3) is 0 Å². The van der Waals surface area contributed by atoms with Gasteiger partial charge >= 0.3 is 6.03 Å². The van der Waals surface area contributed by atoms with Gasteiger partial charge in [-0.25, -0.2) is 4.79 Å². The number of likely N-dealkylation sites (tertiary alicyclic amines) is 1. The Morgan fingerprint density at radius 3 is 2.47 bits per heavy atom. The molecule has 3 fully saturated rings. The topological polar surface area (TPSA) is 26.8 Å². The predicted molar refractivity (Wildman–Crippen MR) is 76.1 cm³/mol. The molecule has 3 heterocycles. The van der Waals surface area contributed by atoms with E-state index in [0.717, 1.165) is 32.1 Å². The Morgan fingerprint density at radius 2 is 1.74 bits per heavy atom. The van der Waals surface area contributed by atoms with Crippen molar-refractivity contribution in [3.05, 3.63) is 0 Å². The molecular weight excluding hydrogens is 238 g/mol. The quantitative estimate of drug-likeness (QED) is 0.670. The van der Waals surface area contributed by atoms with Gasteiger partial charge in [0.2, 0.25) is 0 Å². The maximum Gasteiger partial charge on any atom is 0.320 e. The summed E-state index contributed by atoms with van der Waals surface area (Å²) in [6.45, 7) is 9.67. The van der Waals surface area contributed by atoms with Gasteiger partial charge in [0, 0.05) is 38.3 Å². The lowest BCUT2D eigenvalue weighted by Gasteiger charge is -2.45. The van der Waals surface area contributed by atoms with E-state index >= 15 is 0 Å². The molecule has 0 bridgehead atoms. The molecule has 19 heavy (non-hydrogen) atoms. The first-order chi connectivity index (χ1) is 9.15. The fraction of sp³-hybridized carbons (Fsp3) is 0.933. The van der Waals surface area contributed by atoms with Crippen LogP contribution in [0.1, 0.15) is 39.5 Å². The lowest BCUT2D eigenvalue weighted by molar-refractivity contribution is 0.0578. The smallest absolute Gasteiger partial charge is 0.320 e. The van der Waals surface area contributed by atoms with Crippen molar-refractivity contribution >= 4 is 6.03 Å². The molecule has 0 aromatic heterocycles. The Bertz CT molecular complexity index is 338. The summed E-state index contributed by atoms with van der Waals surface area (Å²) in [6, 6.07) is 1.30. The monoisotopic (exact) mass is 265 g/mol. The van der Waals surface area contributed by atoms with Crippen molar-refractivity contribution < 1.29 is 4.79 Å². The van der Waals surface area contributed by atoms with E-state index in [-0.39, 0.29) is 0 Å². The minimum atomic E-state index is 0.297. The number of fused-ring (bicyclic) bond motifs is 1. The Hall–Kier alpha value is -0.770. The number of urea groups is 1. The molecule has 0 aromatic rings. The van der Waals surface area contributed by atoms with Crippen LogP contribution in [0.2, 0.25) is 0 Å². The number of piperidine rings is 1. The summed E-state index contributed by atoms with van der Waals surface area (Å²) in [5.74, 6) is 0.785. The third kappa shape index (κ3) is 2.60. The first kappa shape index (κ1) is 13.2. The van der Waals surface area contributed by atoms with Crippen LogP contribution in [-0.4, -0.2) is 65.5 Å². The molecule has 108 valence electrons. The van der Waals surface area contributed by atoms with Gasteiger partial charge in [-0.2, -0.15) is 0 Å². The van der Waals surface area contributed by atoms with Crippen LogP contribution in [0.5, 0.6) is 0 Å². The number of rotatable bonds is 0. The zero-order valence-corrected chi connectivity index (χ0v) is 12.3. The molecule has 2 unspecified atom stereocenters. The van der Waals surface area contributed by atoms with Crippen LogP contribution < -0.4 is 0 Å². The van der Waals surface area contributed by atoms with Crippen molar-refractivity contribution in [1.82, 2.24) is 14.7 Å². The van der Waals surface area contributed by atoms with Gasteiger partial charge in [0.1, 0.15) is 0 Å². The molecule has 4 heteroatoms. The van der Waals surface area contributed by atoms with Gasteiger partial charge in [0.15, 0.2) is 0 Å². The highest BCUT2D eigenvalue weighted by Crippen LogP contribution is 2.26. The molecule has 3 rings (SSSR count). The molecular formula is C15H27N3O. The third-order valence-electron chi connectivity index (χ3n) is 5.24. The van der Waals surface area contributed by atoms with E-state index in [0.29, 0.717) is 18.1 Å². The number of carbonyl (C=O) groups excluding carboxylic acids is 1. The maximum atomic E-state index is 12.7. The number of hydrogen-bond acceptors (Lipinski definition) is 2. The summed E-state index contributed by atoms with van der Waals surface area (Å²) >= 11 is 0. The summed E-state index contributed by atoms with van der Waals surface area (Å²) in [5.41, 5.74) is 0. The Balaban J connectivity index is 1.62. The fourth-order valence-electron chi connectivity index (χ4n) is 3.84. The highest BCUT2D eigenvalue weighted by Gasteiger charge is 2.38. The van der Waals surface area contributed by atoms with Crippen molar-refractivity contribution in [1.29, 1.82) is 0 Å². The minimum Gasteiger partial charge on any atom is -0.325 e. The van der Waals surface area contributed by atoms with E-state index in [9.17, 15) is 4.79 Å². The van der Waals surface area contributed by atoms with Gasteiger partial charge in [0.05, 0.1) is 0 Å². The normalized spacial score (nSPS) is 33.6.